The molecule has 1 saturated carbocycles. The number of hydrogen-bond donors (Lipinski definition) is 1. The van der Waals surface area contributed by atoms with Crippen molar-refractivity contribution in [2.75, 3.05) is 0 Å². The molecule has 0 aliphatic heterocycles. The van der Waals surface area contributed by atoms with E-state index in [1.54, 1.807) is 6.20 Å². The van der Waals surface area contributed by atoms with Gasteiger partial charge in [-0.1, -0.05) is 25.1 Å². The fourth-order valence-electron chi connectivity index (χ4n) is 2.44. The third-order valence-corrected chi connectivity index (χ3v) is 3.66. The van der Waals surface area contributed by atoms with Crippen LogP contribution in [0.2, 0.25) is 0 Å². The lowest BCUT2D eigenvalue weighted by atomic mass is 10.1. The molecular formula is C14H20N2OS. The topological polar surface area (TPSA) is 48.1 Å². The lowest BCUT2D eigenvalue weighted by Crippen LogP contribution is -2.20. The summed E-state index contributed by atoms with van der Waals surface area (Å²) in [6.07, 6.45) is 9.31. The summed E-state index contributed by atoms with van der Waals surface area (Å²) in [4.78, 5) is 4.66. The number of hydrogen-bond acceptors (Lipinski definition) is 3. The molecule has 0 aromatic carbocycles. The molecule has 1 heterocycles. The van der Waals surface area contributed by atoms with Gasteiger partial charge in [0.05, 0.1) is 5.56 Å². The van der Waals surface area contributed by atoms with Crippen LogP contribution in [0.15, 0.2) is 12.3 Å². The Bertz CT molecular complexity index is 426. The van der Waals surface area contributed by atoms with Crippen molar-refractivity contribution >= 4 is 17.2 Å². The average Bonchev–Trinajstić information content (AvgIpc) is 2.57. The summed E-state index contributed by atoms with van der Waals surface area (Å²) in [6.45, 7) is 1.98. The molecule has 0 saturated heterocycles. The second kappa shape index (κ2) is 6.14. The van der Waals surface area contributed by atoms with Crippen molar-refractivity contribution in [3.63, 3.8) is 0 Å². The molecule has 3 nitrogen and oxygen atoms in total. The van der Waals surface area contributed by atoms with Crippen molar-refractivity contribution < 1.29 is 4.74 Å². The maximum absolute atomic E-state index is 6.03. The summed E-state index contributed by atoms with van der Waals surface area (Å²) in [5.74, 6) is 0.606. The van der Waals surface area contributed by atoms with E-state index in [1.807, 2.05) is 13.0 Å². The van der Waals surface area contributed by atoms with Crippen molar-refractivity contribution in [1.82, 2.24) is 4.98 Å². The molecule has 0 spiro atoms. The molecule has 0 amide bonds. The molecule has 4 heteroatoms. The highest BCUT2D eigenvalue weighted by Crippen LogP contribution is 2.25. The van der Waals surface area contributed by atoms with Crippen LogP contribution in [0, 0.1) is 6.92 Å². The predicted octanol–water partition coefficient (Wildman–Crippen LogP) is 3.13. The molecule has 0 radical (unpaired) electrons. The van der Waals surface area contributed by atoms with Crippen LogP contribution in [0.4, 0.5) is 0 Å². The Labute approximate surface area is 114 Å². The van der Waals surface area contributed by atoms with E-state index < -0.39 is 0 Å². The van der Waals surface area contributed by atoms with Gasteiger partial charge in [0.1, 0.15) is 11.1 Å². The SMILES string of the molecule is Cc1ccnc(OC2CCCCCC2)c1C(N)=S. The number of ether oxygens (including phenoxy) is 1. The van der Waals surface area contributed by atoms with E-state index in [4.69, 9.17) is 22.7 Å². The second-order valence-corrected chi connectivity index (χ2v) is 5.34. The van der Waals surface area contributed by atoms with Crippen LogP contribution in [0.3, 0.4) is 0 Å². The van der Waals surface area contributed by atoms with E-state index in [0.717, 1.165) is 24.0 Å². The van der Waals surface area contributed by atoms with Gasteiger partial charge in [-0.2, -0.15) is 0 Å². The highest BCUT2D eigenvalue weighted by atomic mass is 32.1. The van der Waals surface area contributed by atoms with Gasteiger partial charge in [-0.15, -0.1) is 0 Å². The van der Waals surface area contributed by atoms with Crippen LogP contribution in [-0.2, 0) is 0 Å². The summed E-state index contributed by atoms with van der Waals surface area (Å²) in [5, 5.41) is 0. The molecule has 98 valence electrons. The zero-order chi connectivity index (χ0) is 13.0. The minimum Gasteiger partial charge on any atom is -0.474 e. The number of nitrogens with zero attached hydrogens (tertiary/aromatic N) is 1. The van der Waals surface area contributed by atoms with Gasteiger partial charge >= 0.3 is 0 Å². The molecule has 0 atom stereocenters. The minimum absolute atomic E-state index is 0.259. The predicted molar refractivity (Wildman–Crippen MR) is 77.0 cm³/mol. The zero-order valence-corrected chi connectivity index (χ0v) is 11.6. The van der Waals surface area contributed by atoms with Crippen molar-refractivity contribution in [1.29, 1.82) is 0 Å². The molecule has 0 unspecified atom stereocenters. The van der Waals surface area contributed by atoms with Crippen molar-refractivity contribution in [2.45, 2.75) is 51.6 Å². The first kappa shape index (κ1) is 13.3. The molecule has 1 aromatic rings. The molecule has 18 heavy (non-hydrogen) atoms. The maximum atomic E-state index is 6.03. The summed E-state index contributed by atoms with van der Waals surface area (Å²) in [6, 6.07) is 1.91. The Morgan fingerprint density at radius 1 is 1.33 bits per heavy atom. The molecule has 1 aromatic heterocycles. The fourth-order valence-corrected chi connectivity index (χ4v) is 2.69. The first-order valence-corrected chi connectivity index (χ1v) is 7.01. The van der Waals surface area contributed by atoms with Gasteiger partial charge in [0.15, 0.2) is 0 Å². The Balaban J connectivity index is 2.17. The smallest absolute Gasteiger partial charge is 0.224 e. The quantitative estimate of drug-likeness (QED) is 0.673. The number of thiocarbonyl (C=S) groups is 1. The van der Waals surface area contributed by atoms with E-state index in [1.165, 1.54) is 25.7 Å². The maximum Gasteiger partial charge on any atom is 0.224 e. The van der Waals surface area contributed by atoms with Crippen LogP contribution >= 0.6 is 12.2 Å². The van der Waals surface area contributed by atoms with Gasteiger partial charge in [0.25, 0.3) is 0 Å². The fraction of sp³-hybridized carbons (Fsp3) is 0.571. The van der Waals surface area contributed by atoms with E-state index in [2.05, 4.69) is 4.98 Å². The molecule has 0 bridgehead atoms. The van der Waals surface area contributed by atoms with Gasteiger partial charge in [0, 0.05) is 6.20 Å². The van der Waals surface area contributed by atoms with E-state index >= 15 is 0 Å². The van der Waals surface area contributed by atoms with Gasteiger partial charge in [-0.3, -0.25) is 0 Å². The zero-order valence-electron chi connectivity index (χ0n) is 10.8. The monoisotopic (exact) mass is 264 g/mol. The van der Waals surface area contributed by atoms with Crippen LogP contribution in [0.1, 0.15) is 49.7 Å². The number of rotatable bonds is 3. The first-order chi connectivity index (χ1) is 8.68. The van der Waals surface area contributed by atoms with Crippen molar-refractivity contribution in [3.8, 4) is 5.88 Å². The Morgan fingerprint density at radius 3 is 2.61 bits per heavy atom. The van der Waals surface area contributed by atoms with E-state index in [9.17, 15) is 0 Å². The van der Waals surface area contributed by atoms with E-state index in [0.29, 0.717) is 10.9 Å². The Kier molecular flexibility index (Phi) is 4.53. The Hall–Kier alpha value is -1.16. The van der Waals surface area contributed by atoms with Gasteiger partial charge in [0.2, 0.25) is 5.88 Å². The number of aryl methyl sites for hydroxylation is 1. The minimum atomic E-state index is 0.259. The standard InChI is InChI=1S/C14H20N2OS/c1-10-8-9-16-14(12(10)13(15)18)17-11-6-4-2-3-5-7-11/h8-9,11H,2-7H2,1H3,(H2,15,18). The molecular weight excluding hydrogens is 244 g/mol. The van der Waals surface area contributed by atoms with Crippen molar-refractivity contribution in [2.24, 2.45) is 5.73 Å². The molecule has 1 aliphatic rings. The summed E-state index contributed by atoms with van der Waals surface area (Å²) in [5.41, 5.74) is 7.58. The van der Waals surface area contributed by atoms with Gasteiger partial charge in [-0.05, 0) is 44.2 Å². The van der Waals surface area contributed by atoms with Gasteiger partial charge in [-0.25, -0.2) is 4.98 Å². The van der Waals surface area contributed by atoms with Gasteiger partial charge < -0.3 is 10.5 Å². The largest absolute Gasteiger partial charge is 0.474 e. The van der Waals surface area contributed by atoms with Crippen LogP contribution in [0.25, 0.3) is 0 Å². The number of aromatic nitrogens is 1. The average molecular weight is 264 g/mol. The third-order valence-electron chi connectivity index (χ3n) is 3.45. The molecule has 2 N–H and O–H groups in total. The summed E-state index contributed by atoms with van der Waals surface area (Å²) >= 11 is 5.09. The number of pyridine rings is 1. The second-order valence-electron chi connectivity index (χ2n) is 4.90. The number of nitrogens with two attached hydrogens (primary N) is 1. The normalized spacial score (nSPS) is 17.2. The highest BCUT2D eigenvalue weighted by molar-refractivity contribution is 7.80. The van der Waals surface area contributed by atoms with E-state index in [-0.39, 0.29) is 6.10 Å². The van der Waals surface area contributed by atoms with Crippen LogP contribution in [-0.4, -0.2) is 16.1 Å². The molecule has 2 rings (SSSR count). The lowest BCUT2D eigenvalue weighted by molar-refractivity contribution is 0.176. The van der Waals surface area contributed by atoms with Crippen molar-refractivity contribution in [3.05, 3.63) is 23.4 Å². The summed E-state index contributed by atoms with van der Waals surface area (Å²) < 4.78 is 6.03. The lowest BCUT2D eigenvalue weighted by Gasteiger charge is -2.18. The van der Waals surface area contributed by atoms with Crippen LogP contribution in [0.5, 0.6) is 5.88 Å². The van der Waals surface area contributed by atoms with Crippen LogP contribution < -0.4 is 10.5 Å². The highest BCUT2D eigenvalue weighted by Gasteiger charge is 2.18. The summed E-state index contributed by atoms with van der Waals surface area (Å²) in [7, 11) is 0. The first-order valence-electron chi connectivity index (χ1n) is 6.60. The molecule has 1 aliphatic carbocycles. The molecule has 1 fully saturated rings. The Morgan fingerprint density at radius 2 is 2.00 bits per heavy atom. The third kappa shape index (κ3) is 3.19.